The van der Waals surface area contributed by atoms with Crippen molar-refractivity contribution in [3.8, 4) is 0 Å². The third-order valence-corrected chi connectivity index (χ3v) is 4.97. The molecule has 2 aromatic carbocycles. The van der Waals surface area contributed by atoms with Gasteiger partial charge < -0.3 is 10.4 Å². The van der Waals surface area contributed by atoms with Crippen molar-refractivity contribution in [2.75, 3.05) is 5.32 Å². The zero-order valence-electron chi connectivity index (χ0n) is 14.4. The first-order valence-electron chi connectivity index (χ1n) is 8.75. The Hall–Kier alpha value is -2.62. The Labute approximate surface area is 147 Å². The fourth-order valence-electron chi connectivity index (χ4n) is 3.53. The molecule has 4 heteroatoms. The van der Waals surface area contributed by atoms with Crippen molar-refractivity contribution < 1.29 is 14.7 Å². The number of carbonyl (C=O) groups excluding carboxylic acids is 1. The van der Waals surface area contributed by atoms with Gasteiger partial charge in [-0.1, -0.05) is 36.4 Å². The zero-order chi connectivity index (χ0) is 17.8. The Balaban J connectivity index is 1.68. The number of aryl methyl sites for hydroxylation is 1. The molecule has 4 nitrogen and oxygen atoms in total. The number of hydrogen-bond acceptors (Lipinski definition) is 2. The van der Waals surface area contributed by atoms with Crippen molar-refractivity contribution in [1.29, 1.82) is 0 Å². The van der Waals surface area contributed by atoms with E-state index >= 15 is 0 Å². The summed E-state index contributed by atoms with van der Waals surface area (Å²) in [6.07, 6.45) is 3.68. The van der Waals surface area contributed by atoms with Gasteiger partial charge in [0.1, 0.15) is 0 Å². The summed E-state index contributed by atoms with van der Waals surface area (Å²) in [4.78, 5) is 23.6. The molecule has 0 saturated heterocycles. The molecule has 0 saturated carbocycles. The zero-order valence-corrected chi connectivity index (χ0v) is 14.4. The number of amides is 1. The molecule has 1 aliphatic rings. The molecule has 2 unspecified atom stereocenters. The molecule has 25 heavy (non-hydrogen) atoms. The summed E-state index contributed by atoms with van der Waals surface area (Å²) in [6, 6.07) is 15.4. The Morgan fingerprint density at radius 1 is 1.20 bits per heavy atom. The molecule has 0 aromatic heterocycles. The van der Waals surface area contributed by atoms with Crippen LogP contribution >= 0.6 is 0 Å². The van der Waals surface area contributed by atoms with Crippen LogP contribution in [0.2, 0.25) is 0 Å². The van der Waals surface area contributed by atoms with Crippen LogP contribution in [0.5, 0.6) is 0 Å². The normalized spacial score (nSPS) is 17.4. The van der Waals surface area contributed by atoms with Gasteiger partial charge in [-0.05, 0) is 60.9 Å². The Kier molecular flexibility index (Phi) is 5.17. The van der Waals surface area contributed by atoms with Crippen molar-refractivity contribution >= 4 is 17.6 Å². The minimum atomic E-state index is -0.873. The first kappa shape index (κ1) is 17.2. The van der Waals surface area contributed by atoms with Gasteiger partial charge in [-0.3, -0.25) is 9.59 Å². The van der Waals surface area contributed by atoms with E-state index in [1.54, 1.807) is 31.2 Å². The lowest BCUT2D eigenvalue weighted by Crippen LogP contribution is -2.19. The van der Waals surface area contributed by atoms with Crippen LogP contribution in [0.4, 0.5) is 5.69 Å². The average molecular weight is 337 g/mol. The number of fused-ring (bicyclic) bond motifs is 1. The molecule has 0 spiro atoms. The lowest BCUT2D eigenvalue weighted by molar-refractivity contribution is -0.138. The number of aliphatic carboxylic acids is 1. The van der Waals surface area contributed by atoms with E-state index in [1.165, 1.54) is 11.1 Å². The molecule has 0 fully saturated rings. The highest BCUT2D eigenvalue weighted by molar-refractivity contribution is 5.91. The molecular weight excluding hydrogens is 314 g/mol. The van der Waals surface area contributed by atoms with Gasteiger partial charge >= 0.3 is 5.97 Å². The molecule has 1 amide bonds. The van der Waals surface area contributed by atoms with Crippen molar-refractivity contribution in [1.82, 2.24) is 0 Å². The largest absolute Gasteiger partial charge is 0.481 e. The third-order valence-electron chi connectivity index (χ3n) is 4.97. The summed E-state index contributed by atoms with van der Waals surface area (Å²) in [5, 5.41) is 12.1. The summed E-state index contributed by atoms with van der Waals surface area (Å²) in [6.45, 7) is 1.64. The maximum Gasteiger partial charge on any atom is 0.310 e. The predicted octanol–water partition coefficient (Wildman–Crippen LogP) is 4.32. The highest BCUT2D eigenvalue weighted by Gasteiger charge is 2.22. The van der Waals surface area contributed by atoms with Gasteiger partial charge in [0, 0.05) is 12.1 Å². The second kappa shape index (κ2) is 7.51. The molecule has 2 N–H and O–H groups in total. The molecule has 0 radical (unpaired) electrons. The lowest BCUT2D eigenvalue weighted by Gasteiger charge is -2.25. The number of carboxylic acid groups (broad SMARTS) is 1. The second-order valence-electron chi connectivity index (χ2n) is 6.73. The first-order valence-corrected chi connectivity index (χ1v) is 8.75. The average Bonchev–Trinajstić information content (AvgIpc) is 2.61. The van der Waals surface area contributed by atoms with Gasteiger partial charge in [0.15, 0.2) is 0 Å². The van der Waals surface area contributed by atoms with Crippen LogP contribution < -0.4 is 5.32 Å². The van der Waals surface area contributed by atoms with Crippen molar-refractivity contribution in [3.63, 3.8) is 0 Å². The number of rotatable bonds is 5. The van der Waals surface area contributed by atoms with Gasteiger partial charge in [0.05, 0.1) is 5.92 Å². The summed E-state index contributed by atoms with van der Waals surface area (Å²) in [5.41, 5.74) is 3.98. The van der Waals surface area contributed by atoms with E-state index in [0.29, 0.717) is 17.7 Å². The highest BCUT2D eigenvalue weighted by atomic mass is 16.4. The molecule has 2 aromatic rings. The number of hydrogen-bond donors (Lipinski definition) is 2. The number of carbonyl (C=O) groups is 2. The minimum absolute atomic E-state index is 0.0261. The van der Waals surface area contributed by atoms with E-state index in [0.717, 1.165) is 19.3 Å². The van der Waals surface area contributed by atoms with E-state index < -0.39 is 11.9 Å². The summed E-state index contributed by atoms with van der Waals surface area (Å²) < 4.78 is 0. The second-order valence-corrected chi connectivity index (χ2v) is 6.73. The van der Waals surface area contributed by atoms with Gasteiger partial charge in [-0.15, -0.1) is 0 Å². The number of nitrogens with one attached hydrogen (secondary N) is 1. The predicted molar refractivity (Wildman–Crippen MR) is 97.9 cm³/mol. The van der Waals surface area contributed by atoms with Gasteiger partial charge in [-0.25, -0.2) is 0 Å². The van der Waals surface area contributed by atoms with Crippen LogP contribution in [-0.2, 0) is 16.0 Å². The van der Waals surface area contributed by atoms with E-state index in [1.807, 2.05) is 6.07 Å². The molecule has 0 heterocycles. The number of carboxylic acids is 1. The third kappa shape index (κ3) is 4.08. The van der Waals surface area contributed by atoms with Crippen LogP contribution in [0, 0.1) is 0 Å². The Morgan fingerprint density at radius 3 is 2.80 bits per heavy atom. The maximum absolute atomic E-state index is 12.5. The molecule has 2 atom stereocenters. The quantitative estimate of drug-likeness (QED) is 0.854. The van der Waals surface area contributed by atoms with E-state index in [4.69, 9.17) is 5.11 Å². The van der Waals surface area contributed by atoms with Crippen molar-refractivity contribution in [2.45, 2.75) is 44.4 Å². The van der Waals surface area contributed by atoms with Gasteiger partial charge in [-0.2, -0.15) is 0 Å². The SMILES string of the molecule is CC(C(=O)O)c1cccc(NC(=O)CC2CCCc3ccccc32)c1. The molecule has 0 bridgehead atoms. The maximum atomic E-state index is 12.5. The number of anilines is 1. The fraction of sp³-hybridized carbons (Fsp3) is 0.333. The minimum Gasteiger partial charge on any atom is -0.481 e. The lowest BCUT2D eigenvalue weighted by atomic mass is 9.81. The monoisotopic (exact) mass is 337 g/mol. The van der Waals surface area contributed by atoms with Crippen LogP contribution in [0.15, 0.2) is 48.5 Å². The Morgan fingerprint density at radius 2 is 2.00 bits per heavy atom. The molecular formula is C21H23NO3. The number of benzene rings is 2. The Bertz CT molecular complexity index is 784. The smallest absolute Gasteiger partial charge is 0.310 e. The summed E-state index contributed by atoms with van der Waals surface area (Å²) >= 11 is 0. The standard InChI is InChI=1S/C21H23NO3/c1-14(21(24)25)16-8-5-10-18(12-16)22-20(23)13-17-9-4-7-15-6-2-3-11-19(15)17/h2-3,5-6,8,10-12,14,17H,4,7,9,13H2,1H3,(H,22,23)(H,24,25). The summed E-state index contributed by atoms with van der Waals surface area (Å²) in [5.74, 6) is -1.24. The van der Waals surface area contributed by atoms with Crippen LogP contribution in [0.3, 0.4) is 0 Å². The fourth-order valence-corrected chi connectivity index (χ4v) is 3.53. The molecule has 0 aliphatic heterocycles. The molecule has 3 rings (SSSR count). The molecule has 1 aliphatic carbocycles. The van der Waals surface area contributed by atoms with E-state index in [9.17, 15) is 9.59 Å². The van der Waals surface area contributed by atoms with E-state index in [-0.39, 0.29) is 11.8 Å². The van der Waals surface area contributed by atoms with Gasteiger partial charge in [0.25, 0.3) is 0 Å². The van der Waals surface area contributed by atoms with Crippen LogP contribution in [-0.4, -0.2) is 17.0 Å². The summed E-state index contributed by atoms with van der Waals surface area (Å²) in [7, 11) is 0. The topological polar surface area (TPSA) is 66.4 Å². The van der Waals surface area contributed by atoms with Crippen molar-refractivity contribution in [2.24, 2.45) is 0 Å². The molecule has 130 valence electrons. The van der Waals surface area contributed by atoms with Gasteiger partial charge in [0.2, 0.25) is 5.91 Å². The highest BCUT2D eigenvalue weighted by Crippen LogP contribution is 2.34. The van der Waals surface area contributed by atoms with Crippen LogP contribution in [0.25, 0.3) is 0 Å². The van der Waals surface area contributed by atoms with Crippen molar-refractivity contribution in [3.05, 3.63) is 65.2 Å². The van der Waals surface area contributed by atoms with Crippen LogP contribution in [0.1, 0.15) is 54.7 Å². The first-order chi connectivity index (χ1) is 12.0. The van der Waals surface area contributed by atoms with E-state index in [2.05, 4.69) is 23.5 Å².